The molecular weight excluding hydrogens is 336 g/mol. The number of ether oxygens (including phenoxy) is 1. The van der Waals surface area contributed by atoms with Crippen molar-refractivity contribution in [3.05, 3.63) is 90.6 Å². The second-order valence-electron chi connectivity index (χ2n) is 6.51. The number of hydrogen-bond acceptors (Lipinski definition) is 3. The average Bonchev–Trinajstić information content (AvgIpc) is 3.37. The molecule has 0 fully saturated rings. The standard InChI is InChI=1S/C22H22N4O/c1-17(14-21-23-12-13-24-21)27-16-19-15-26(20-10-6-3-7-11-20)25-22(19)18-8-4-2-5-9-18/h2-13,15,17H,14,16H2,1H3,(H,23,24)/t17-/m0/s1. The first-order valence-corrected chi connectivity index (χ1v) is 9.09. The van der Waals surface area contributed by atoms with Gasteiger partial charge in [-0.15, -0.1) is 0 Å². The fraction of sp³-hybridized carbons (Fsp3) is 0.182. The molecule has 0 saturated carbocycles. The maximum absolute atomic E-state index is 6.10. The predicted molar refractivity (Wildman–Crippen MR) is 106 cm³/mol. The van der Waals surface area contributed by atoms with Crippen molar-refractivity contribution in [3.63, 3.8) is 0 Å². The predicted octanol–water partition coefficient (Wildman–Crippen LogP) is 4.41. The zero-order chi connectivity index (χ0) is 18.5. The van der Waals surface area contributed by atoms with Gasteiger partial charge in [-0.3, -0.25) is 0 Å². The molecule has 5 heteroatoms. The largest absolute Gasteiger partial charge is 0.373 e. The Morgan fingerprint density at radius 3 is 2.48 bits per heavy atom. The van der Waals surface area contributed by atoms with Crippen LogP contribution in [0.25, 0.3) is 16.9 Å². The lowest BCUT2D eigenvalue weighted by Crippen LogP contribution is -2.12. The van der Waals surface area contributed by atoms with Gasteiger partial charge in [0.05, 0.1) is 24.1 Å². The van der Waals surface area contributed by atoms with E-state index in [1.807, 2.05) is 59.4 Å². The van der Waals surface area contributed by atoms with Gasteiger partial charge < -0.3 is 9.72 Å². The van der Waals surface area contributed by atoms with Gasteiger partial charge in [-0.25, -0.2) is 9.67 Å². The molecule has 0 unspecified atom stereocenters. The highest BCUT2D eigenvalue weighted by molar-refractivity contribution is 5.63. The fourth-order valence-electron chi connectivity index (χ4n) is 3.04. The van der Waals surface area contributed by atoms with Crippen LogP contribution in [0.4, 0.5) is 0 Å². The fourth-order valence-corrected chi connectivity index (χ4v) is 3.04. The van der Waals surface area contributed by atoms with Gasteiger partial charge in [0.2, 0.25) is 0 Å². The Morgan fingerprint density at radius 1 is 1.04 bits per heavy atom. The molecule has 0 radical (unpaired) electrons. The summed E-state index contributed by atoms with van der Waals surface area (Å²) >= 11 is 0. The number of imidazole rings is 1. The number of nitrogens with zero attached hydrogens (tertiary/aromatic N) is 3. The van der Waals surface area contributed by atoms with Crippen LogP contribution in [0.5, 0.6) is 0 Å². The minimum atomic E-state index is 0.0554. The van der Waals surface area contributed by atoms with Gasteiger partial charge in [-0.2, -0.15) is 5.10 Å². The van der Waals surface area contributed by atoms with Crippen molar-refractivity contribution in [2.45, 2.75) is 26.1 Å². The topological polar surface area (TPSA) is 55.7 Å². The monoisotopic (exact) mass is 358 g/mol. The molecular formula is C22H22N4O. The van der Waals surface area contributed by atoms with Gasteiger partial charge in [0, 0.05) is 36.1 Å². The van der Waals surface area contributed by atoms with Crippen molar-refractivity contribution in [1.29, 1.82) is 0 Å². The number of para-hydroxylation sites is 1. The number of rotatable bonds is 7. The van der Waals surface area contributed by atoms with E-state index in [0.29, 0.717) is 6.61 Å². The van der Waals surface area contributed by atoms with Gasteiger partial charge in [0.1, 0.15) is 5.82 Å². The molecule has 1 atom stereocenters. The maximum atomic E-state index is 6.10. The normalized spacial score (nSPS) is 12.2. The van der Waals surface area contributed by atoms with E-state index in [9.17, 15) is 0 Å². The lowest BCUT2D eigenvalue weighted by Gasteiger charge is -2.11. The third-order valence-corrected chi connectivity index (χ3v) is 4.42. The lowest BCUT2D eigenvalue weighted by atomic mass is 10.1. The van der Waals surface area contributed by atoms with Crippen molar-refractivity contribution < 1.29 is 4.74 Å². The molecule has 0 saturated heterocycles. The summed E-state index contributed by atoms with van der Waals surface area (Å²) in [5.41, 5.74) is 4.13. The molecule has 1 N–H and O–H groups in total. The average molecular weight is 358 g/mol. The summed E-state index contributed by atoms with van der Waals surface area (Å²) < 4.78 is 8.01. The third kappa shape index (κ3) is 4.15. The summed E-state index contributed by atoms with van der Waals surface area (Å²) in [6.07, 6.45) is 6.45. The quantitative estimate of drug-likeness (QED) is 0.532. The van der Waals surface area contributed by atoms with Gasteiger partial charge in [0.15, 0.2) is 0 Å². The highest BCUT2D eigenvalue weighted by Gasteiger charge is 2.14. The molecule has 2 aromatic heterocycles. The van der Waals surface area contributed by atoms with E-state index < -0.39 is 0 Å². The number of H-pyrrole nitrogens is 1. The van der Waals surface area contributed by atoms with Crippen LogP contribution >= 0.6 is 0 Å². The third-order valence-electron chi connectivity index (χ3n) is 4.42. The van der Waals surface area contributed by atoms with Crippen LogP contribution in [0.2, 0.25) is 0 Å². The number of hydrogen-bond donors (Lipinski definition) is 1. The molecule has 4 rings (SSSR count). The molecule has 0 spiro atoms. The summed E-state index contributed by atoms with van der Waals surface area (Å²) in [6.45, 7) is 2.56. The molecule has 0 aliphatic heterocycles. The summed E-state index contributed by atoms with van der Waals surface area (Å²) in [5.74, 6) is 0.936. The van der Waals surface area contributed by atoms with Crippen molar-refractivity contribution in [3.8, 4) is 16.9 Å². The smallest absolute Gasteiger partial charge is 0.108 e. The number of aromatic nitrogens is 4. The Bertz CT molecular complexity index is 962. The highest BCUT2D eigenvalue weighted by atomic mass is 16.5. The second-order valence-corrected chi connectivity index (χ2v) is 6.51. The Balaban J connectivity index is 1.57. The highest BCUT2D eigenvalue weighted by Crippen LogP contribution is 2.24. The number of aromatic amines is 1. The maximum Gasteiger partial charge on any atom is 0.108 e. The molecule has 2 heterocycles. The van der Waals surface area contributed by atoms with Crippen LogP contribution < -0.4 is 0 Å². The molecule has 4 aromatic rings. The molecule has 0 bridgehead atoms. The molecule has 2 aromatic carbocycles. The van der Waals surface area contributed by atoms with Crippen LogP contribution in [0.15, 0.2) is 79.3 Å². The van der Waals surface area contributed by atoms with E-state index >= 15 is 0 Å². The Kier molecular flexibility index (Phi) is 5.12. The summed E-state index contributed by atoms with van der Waals surface area (Å²) in [6, 6.07) is 20.4. The molecule has 0 aliphatic rings. The first-order valence-electron chi connectivity index (χ1n) is 9.09. The zero-order valence-electron chi connectivity index (χ0n) is 15.2. The van der Waals surface area contributed by atoms with Crippen molar-refractivity contribution in [2.75, 3.05) is 0 Å². The summed E-state index contributed by atoms with van der Waals surface area (Å²) in [4.78, 5) is 7.39. The second kappa shape index (κ2) is 8.01. The van der Waals surface area contributed by atoms with Crippen LogP contribution in [-0.4, -0.2) is 25.9 Å². The van der Waals surface area contributed by atoms with Gasteiger partial charge >= 0.3 is 0 Å². The summed E-state index contributed by atoms with van der Waals surface area (Å²) in [7, 11) is 0. The minimum absolute atomic E-state index is 0.0554. The van der Waals surface area contributed by atoms with E-state index in [1.165, 1.54) is 0 Å². The van der Waals surface area contributed by atoms with E-state index in [2.05, 4.69) is 35.2 Å². The molecule has 136 valence electrons. The van der Waals surface area contributed by atoms with E-state index in [4.69, 9.17) is 9.84 Å². The van der Waals surface area contributed by atoms with Gasteiger partial charge in [-0.1, -0.05) is 48.5 Å². The molecule has 27 heavy (non-hydrogen) atoms. The molecule has 0 aliphatic carbocycles. The molecule has 5 nitrogen and oxygen atoms in total. The first kappa shape index (κ1) is 17.2. The van der Waals surface area contributed by atoms with Crippen LogP contribution in [0.3, 0.4) is 0 Å². The Hall–Kier alpha value is -3.18. The first-order chi connectivity index (χ1) is 13.3. The van der Waals surface area contributed by atoms with E-state index in [0.717, 1.165) is 34.8 Å². The summed E-state index contributed by atoms with van der Waals surface area (Å²) in [5, 5.41) is 4.82. The Labute approximate surface area is 158 Å². The van der Waals surface area contributed by atoms with Crippen LogP contribution in [0.1, 0.15) is 18.3 Å². The van der Waals surface area contributed by atoms with Crippen molar-refractivity contribution in [2.24, 2.45) is 0 Å². The lowest BCUT2D eigenvalue weighted by molar-refractivity contribution is 0.0526. The Morgan fingerprint density at radius 2 is 1.78 bits per heavy atom. The van der Waals surface area contributed by atoms with E-state index in [1.54, 1.807) is 6.20 Å². The SMILES string of the molecule is C[C@@H](Cc1ncc[nH]1)OCc1cn(-c2ccccc2)nc1-c1ccccc1. The van der Waals surface area contributed by atoms with Gasteiger partial charge in [0.25, 0.3) is 0 Å². The van der Waals surface area contributed by atoms with Crippen molar-refractivity contribution in [1.82, 2.24) is 19.7 Å². The zero-order valence-corrected chi connectivity index (χ0v) is 15.2. The minimum Gasteiger partial charge on any atom is -0.373 e. The van der Waals surface area contributed by atoms with Crippen LogP contribution in [-0.2, 0) is 17.8 Å². The van der Waals surface area contributed by atoms with E-state index in [-0.39, 0.29) is 6.10 Å². The molecule has 0 amide bonds. The number of nitrogens with one attached hydrogen (secondary N) is 1. The number of benzene rings is 2. The van der Waals surface area contributed by atoms with Gasteiger partial charge in [-0.05, 0) is 19.1 Å². The van der Waals surface area contributed by atoms with Crippen LogP contribution in [0, 0.1) is 0 Å². The van der Waals surface area contributed by atoms with Crippen molar-refractivity contribution >= 4 is 0 Å².